The van der Waals surface area contributed by atoms with Crippen molar-refractivity contribution in [1.29, 1.82) is 0 Å². The molecule has 1 aliphatic carbocycles. The number of nitrogens with zero attached hydrogens (tertiary/aromatic N) is 3. The Balaban J connectivity index is 1.58. The largest absolute Gasteiger partial charge is 0.495 e. The molecule has 3 aromatic rings. The number of nitrogens with one attached hydrogen (secondary N) is 3. The van der Waals surface area contributed by atoms with Gasteiger partial charge >= 0.3 is 0 Å². The molecule has 0 unspecified atom stereocenters. The molecule has 10 nitrogen and oxygen atoms in total. The van der Waals surface area contributed by atoms with Gasteiger partial charge in [-0.1, -0.05) is 29.8 Å². The predicted molar refractivity (Wildman–Crippen MR) is 147 cm³/mol. The number of ether oxygens (including phenoxy) is 3. The standard InChI is InChI=1S/C26H28Cl2N6O4/c1-4-20(35)31-16-11-38-12-17(16)33-26-30-10-14-7-15(32-25(24(14)34-26)29-9-13-5-6-13)21-22(27)18(36-2)8-19(37-3)23(21)28/h4,7-8,10,13,16-17H,1,5-6,9,11-12H2,2-3H3,(H,29,32)(H,31,35)(H,30,33,34)/t16-,17+/m0/s1/i2D3,3D3. The summed E-state index contributed by atoms with van der Waals surface area (Å²) in [6.07, 6.45) is 4.86. The highest BCUT2D eigenvalue weighted by molar-refractivity contribution is 6.41. The lowest BCUT2D eigenvalue weighted by atomic mass is 10.1. The zero-order valence-corrected chi connectivity index (χ0v) is 21.5. The smallest absolute Gasteiger partial charge is 0.243 e. The first kappa shape index (κ1) is 19.7. The zero-order valence-electron chi connectivity index (χ0n) is 26.0. The Hall–Kier alpha value is -3.34. The molecule has 0 bridgehead atoms. The Labute approximate surface area is 238 Å². The Morgan fingerprint density at radius 2 is 1.92 bits per heavy atom. The summed E-state index contributed by atoms with van der Waals surface area (Å²) >= 11 is 13.2. The van der Waals surface area contributed by atoms with E-state index in [9.17, 15) is 4.79 Å². The molecule has 2 atom stereocenters. The van der Waals surface area contributed by atoms with E-state index in [4.69, 9.17) is 50.6 Å². The quantitative estimate of drug-likeness (QED) is 0.309. The van der Waals surface area contributed by atoms with Crippen LogP contribution in [0.15, 0.2) is 31.0 Å². The van der Waals surface area contributed by atoms with E-state index in [0.717, 1.165) is 18.9 Å². The second-order valence-corrected chi connectivity index (χ2v) is 9.76. The molecular formula is C26H28Cl2N6O4. The summed E-state index contributed by atoms with van der Waals surface area (Å²) < 4.78 is 60.8. The first-order valence-electron chi connectivity index (χ1n) is 14.8. The first-order valence-corrected chi connectivity index (χ1v) is 12.6. The predicted octanol–water partition coefficient (Wildman–Crippen LogP) is 4.32. The maximum atomic E-state index is 11.8. The fourth-order valence-corrected chi connectivity index (χ4v) is 4.75. The maximum Gasteiger partial charge on any atom is 0.243 e. The van der Waals surface area contributed by atoms with Gasteiger partial charge < -0.3 is 30.2 Å². The lowest BCUT2D eigenvalue weighted by Crippen LogP contribution is -2.45. The summed E-state index contributed by atoms with van der Waals surface area (Å²) in [7, 11) is -5.82. The van der Waals surface area contributed by atoms with Crippen LogP contribution in [0, 0.1) is 5.92 Å². The minimum atomic E-state index is -2.91. The van der Waals surface area contributed by atoms with Crippen LogP contribution >= 0.6 is 23.2 Å². The molecular weight excluding hydrogens is 531 g/mol. The first-order chi connectivity index (χ1) is 20.7. The number of halogens is 2. The van der Waals surface area contributed by atoms with Gasteiger partial charge in [0, 0.05) is 29.8 Å². The summed E-state index contributed by atoms with van der Waals surface area (Å²) in [4.78, 5) is 25.7. The van der Waals surface area contributed by atoms with Crippen LogP contribution in [0.3, 0.4) is 0 Å². The normalized spacial score (nSPS) is 21.7. The highest BCUT2D eigenvalue weighted by atomic mass is 35.5. The van der Waals surface area contributed by atoms with Crippen molar-refractivity contribution in [3.63, 3.8) is 0 Å². The number of amides is 1. The van der Waals surface area contributed by atoms with Gasteiger partial charge in [-0.25, -0.2) is 15.0 Å². The minimum Gasteiger partial charge on any atom is -0.495 e. The molecule has 1 aromatic carbocycles. The third kappa shape index (κ3) is 5.43. The van der Waals surface area contributed by atoms with E-state index >= 15 is 0 Å². The average molecular weight is 565 g/mol. The zero-order chi connectivity index (χ0) is 31.8. The van der Waals surface area contributed by atoms with Crippen molar-refractivity contribution in [2.24, 2.45) is 5.92 Å². The lowest BCUT2D eigenvalue weighted by molar-refractivity contribution is -0.117. The van der Waals surface area contributed by atoms with Crippen LogP contribution in [0.5, 0.6) is 11.5 Å². The van der Waals surface area contributed by atoms with Gasteiger partial charge in [0.05, 0.1) is 63.3 Å². The van der Waals surface area contributed by atoms with E-state index < -0.39 is 14.1 Å². The van der Waals surface area contributed by atoms with Crippen LogP contribution in [0.1, 0.15) is 21.1 Å². The molecule has 1 amide bonds. The molecule has 2 fully saturated rings. The molecule has 0 spiro atoms. The van der Waals surface area contributed by atoms with Crippen LogP contribution in [-0.2, 0) is 9.53 Å². The molecule has 1 aliphatic heterocycles. The molecule has 2 aliphatic rings. The van der Waals surface area contributed by atoms with Crippen molar-refractivity contribution in [3.8, 4) is 22.8 Å². The molecule has 5 rings (SSSR count). The number of anilines is 2. The van der Waals surface area contributed by atoms with Crippen molar-refractivity contribution < 1.29 is 27.2 Å². The summed E-state index contributed by atoms with van der Waals surface area (Å²) in [5, 5.41) is 9.44. The molecule has 1 saturated heterocycles. The van der Waals surface area contributed by atoms with Gasteiger partial charge in [0.15, 0.2) is 5.82 Å². The van der Waals surface area contributed by atoms with E-state index in [1.807, 2.05) is 0 Å². The van der Waals surface area contributed by atoms with Crippen LogP contribution in [0.25, 0.3) is 22.2 Å². The number of aromatic nitrogens is 3. The van der Waals surface area contributed by atoms with Crippen molar-refractivity contribution >= 4 is 51.8 Å². The Morgan fingerprint density at radius 3 is 2.61 bits per heavy atom. The average Bonchev–Trinajstić information content (AvgIpc) is 3.67. The molecule has 3 N–H and O–H groups in total. The SMILES string of the molecule is [2H]C([2H])([2H])Oc1cc(OC([2H])([2H])[2H])c(Cl)c(-c2cc3cnc(N[C@@H]4COC[C@@H]4NC(=O)C=C)nc3c(NCC3CC3)n2)c1Cl. The number of pyridine rings is 1. The maximum absolute atomic E-state index is 11.8. The third-order valence-corrected chi connectivity index (χ3v) is 7.09. The van der Waals surface area contributed by atoms with Crippen LogP contribution in [-0.4, -0.2) is 66.8 Å². The van der Waals surface area contributed by atoms with Gasteiger partial charge in [-0.3, -0.25) is 4.79 Å². The topological polar surface area (TPSA) is 120 Å². The fourth-order valence-electron chi connectivity index (χ4n) is 4.13. The summed E-state index contributed by atoms with van der Waals surface area (Å²) in [5.74, 6) is 0.0316. The number of methoxy groups -OCH3 is 2. The minimum absolute atomic E-state index is 0.00295. The molecule has 1 saturated carbocycles. The summed E-state index contributed by atoms with van der Waals surface area (Å²) in [6, 6.07) is 1.96. The van der Waals surface area contributed by atoms with Crippen molar-refractivity contribution in [3.05, 3.63) is 41.0 Å². The van der Waals surface area contributed by atoms with E-state index in [0.29, 0.717) is 42.4 Å². The molecule has 2 aromatic heterocycles. The number of hydrogen-bond donors (Lipinski definition) is 3. The highest BCUT2D eigenvalue weighted by Gasteiger charge is 2.30. The molecule has 38 heavy (non-hydrogen) atoms. The van der Waals surface area contributed by atoms with Crippen LogP contribution < -0.4 is 25.4 Å². The van der Waals surface area contributed by atoms with E-state index in [-0.39, 0.29) is 56.7 Å². The second-order valence-electron chi connectivity index (χ2n) is 9.00. The van der Waals surface area contributed by atoms with Gasteiger partial charge in [0.1, 0.15) is 17.0 Å². The number of hydrogen-bond acceptors (Lipinski definition) is 9. The van der Waals surface area contributed by atoms with Gasteiger partial charge in [0.25, 0.3) is 0 Å². The summed E-state index contributed by atoms with van der Waals surface area (Å²) in [5.41, 5.74) is 0.619. The van der Waals surface area contributed by atoms with E-state index in [2.05, 4.69) is 32.5 Å². The van der Waals surface area contributed by atoms with Crippen LogP contribution in [0.2, 0.25) is 10.0 Å². The molecule has 0 radical (unpaired) electrons. The van der Waals surface area contributed by atoms with E-state index in [1.54, 1.807) is 12.3 Å². The second kappa shape index (κ2) is 11.2. The number of carbonyl (C=O) groups is 1. The van der Waals surface area contributed by atoms with Gasteiger partial charge in [-0.15, -0.1) is 0 Å². The van der Waals surface area contributed by atoms with Gasteiger partial charge in [0.2, 0.25) is 11.9 Å². The molecule has 3 heterocycles. The van der Waals surface area contributed by atoms with E-state index in [1.165, 1.54) is 6.08 Å². The monoisotopic (exact) mass is 564 g/mol. The van der Waals surface area contributed by atoms with Crippen molar-refractivity contribution in [2.45, 2.75) is 24.9 Å². The van der Waals surface area contributed by atoms with Crippen LogP contribution in [0.4, 0.5) is 11.8 Å². The molecule has 200 valence electrons. The lowest BCUT2D eigenvalue weighted by Gasteiger charge is -2.20. The Kier molecular flexibility index (Phi) is 5.79. The number of rotatable bonds is 10. The highest BCUT2D eigenvalue weighted by Crippen LogP contribution is 2.46. The Bertz CT molecular complexity index is 1550. The Morgan fingerprint density at radius 1 is 1.18 bits per heavy atom. The van der Waals surface area contributed by atoms with Gasteiger partial charge in [-0.05, 0) is 30.9 Å². The van der Waals surface area contributed by atoms with Crippen molar-refractivity contribution in [1.82, 2.24) is 20.3 Å². The summed E-state index contributed by atoms with van der Waals surface area (Å²) in [6.45, 7) is 4.72. The van der Waals surface area contributed by atoms with Gasteiger partial charge in [-0.2, -0.15) is 0 Å². The molecule has 12 heteroatoms. The van der Waals surface area contributed by atoms with Crippen molar-refractivity contribution in [2.75, 3.05) is 44.5 Å². The number of carbonyl (C=O) groups excluding carboxylic acids is 1. The number of fused-ring (bicyclic) bond motifs is 1. The fraction of sp³-hybridized carbons (Fsp3) is 0.385. The third-order valence-electron chi connectivity index (χ3n) is 6.34. The number of benzene rings is 1.